The number of nitrogens with one attached hydrogen (secondary N) is 2. The number of benzene rings is 1. The molecule has 2 heterocycles. The molecule has 0 bridgehead atoms. The largest absolute Gasteiger partial charge is 0.444 e. The Hall–Kier alpha value is -2.32. The highest BCUT2D eigenvalue weighted by Crippen LogP contribution is 2.16. The van der Waals surface area contributed by atoms with E-state index in [-0.39, 0.29) is 12.1 Å². The third kappa shape index (κ3) is 7.40. The molecule has 2 aliphatic rings. The molecule has 31 heavy (non-hydrogen) atoms. The fraction of sp³-hybridized carbons (Fsp3) is 0.652. The van der Waals surface area contributed by atoms with Gasteiger partial charge in [-0.15, -0.1) is 0 Å². The van der Waals surface area contributed by atoms with Crippen LogP contribution in [0.1, 0.15) is 38.8 Å². The molecule has 172 valence electrons. The Balaban J connectivity index is 1.54. The zero-order valence-electron chi connectivity index (χ0n) is 19.3. The first-order valence-electron chi connectivity index (χ1n) is 11.2. The molecule has 0 radical (unpaired) electrons. The molecule has 8 nitrogen and oxygen atoms in total. The number of hydrogen-bond acceptors (Lipinski definition) is 5. The van der Waals surface area contributed by atoms with Crippen molar-refractivity contribution in [2.24, 2.45) is 4.99 Å². The van der Waals surface area contributed by atoms with Gasteiger partial charge < -0.3 is 25.0 Å². The van der Waals surface area contributed by atoms with E-state index in [0.29, 0.717) is 19.6 Å². The van der Waals surface area contributed by atoms with Gasteiger partial charge in [-0.1, -0.05) is 24.3 Å². The molecule has 1 aromatic rings. The number of guanidine groups is 1. The number of nitrogens with zero attached hydrogens (tertiary/aromatic N) is 3. The minimum Gasteiger partial charge on any atom is -0.444 e. The third-order valence-electron chi connectivity index (χ3n) is 5.24. The molecule has 0 aliphatic carbocycles. The first-order chi connectivity index (χ1) is 14.8. The molecule has 1 aromatic carbocycles. The Morgan fingerprint density at radius 2 is 1.87 bits per heavy atom. The molecule has 3 rings (SSSR count). The van der Waals surface area contributed by atoms with Crippen molar-refractivity contribution in [3.63, 3.8) is 0 Å². The van der Waals surface area contributed by atoms with Gasteiger partial charge in [0.1, 0.15) is 5.60 Å². The number of amides is 1. The van der Waals surface area contributed by atoms with Crippen LogP contribution in [0.4, 0.5) is 4.79 Å². The Morgan fingerprint density at radius 3 is 2.52 bits per heavy atom. The smallest absolute Gasteiger partial charge is 0.410 e. The number of aliphatic imine (C=N–C) groups is 1. The molecule has 0 atom stereocenters. The second-order valence-corrected chi connectivity index (χ2v) is 9.08. The van der Waals surface area contributed by atoms with Gasteiger partial charge in [-0.2, -0.15) is 0 Å². The molecule has 0 aromatic heterocycles. The summed E-state index contributed by atoms with van der Waals surface area (Å²) < 4.78 is 10.9. The molecule has 1 amide bonds. The van der Waals surface area contributed by atoms with Gasteiger partial charge in [0, 0.05) is 39.3 Å². The van der Waals surface area contributed by atoms with E-state index in [0.717, 1.165) is 45.4 Å². The van der Waals surface area contributed by atoms with Gasteiger partial charge in [0.25, 0.3) is 0 Å². The molecule has 8 heteroatoms. The van der Waals surface area contributed by atoms with Crippen molar-refractivity contribution >= 4 is 12.1 Å². The number of rotatable bonds is 6. The van der Waals surface area contributed by atoms with E-state index in [1.165, 1.54) is 11.1 Å². The number of carbonyl (C=O) groups excluding carboxylic acids is 1. The van der Waals surface area contributed by atoms with Crippen LogP contribution < -0.4 is 10.6 Å². The van der Waals surface area contributed by atoms with Crippen LogP contribution in [0, 0.1) is 0 Å². The number of hydrogen-bond donors (Lipinski definition) is 2. The van der Waals surface area contributed by atoms with Gasteiger partial charge in [0.05, 0.1) is 25.8 Å². The van der Waals surface area contributed by atoms with E-state index in [1.54, 1.807) is 4.90 Å². The summed E-state index contributed by atoms with van der Waals surface area (Å²) in [6.45, 7) is 14.8. The highest BCUT2D eigenvalue weighted by Gasteiger charge is 2.34. The molecule has 2 aliphatic heterocycles. The van der Waals surface area contributed by atoms with Crippen LogP contribution in [0.3, 0.4) is 0 Å². The molecular weight excluding hydrogens is 394 g/mol. The fourth-order valence-corrected chi connectivity index (χ4v) is 3.59. The van der Waals surface area contributed by atoms with Crippen molar-refractivity contribution < 1.29 is 14.3 Å². The Kier molecular flexibility index (Phi) is 8.15. The van der Waals surface area contributed by atoms with Gasteiger partial charge >= 0.3 is 6.09 Å². The number of carbonyl (C=O) groups is 1. The maximum absolute atomic E-state index is 12.1. The molecule has 2 N–H and O–H groups in total. The number of ether oxygens (including phenoxy) is 2. The zero-order valence-corrected chi connectivity index (χ0v) is 19.3. The van der Waals surface area contributed by atoms with Crippen LogP contribution >= 0.6 is 0 Å². The van der Waals surface area contributed by atoms with Crippen molar-refractivity contribution in [1.82, 2.24) is 20.4 Å². The highest BCUT2D eigenvalue weighted by atomic mass is 16.6. The van der Waals surface area contributed by atoms with Crippen LogP contribution in [0.15, 0.2) is 29.3 Å². The van der Waals surface area contributed by atoms with Crippen LogP contribution in [0.25, 0.3) is 0 Å². The lowest BCUT2D eigenvalue weighted by Crippen LogP contribution is -2.63. The fourth-order valence-electron chi connectivity index (χ4n) is 3.59. The van der Waals surface area contributed by atoms with E-state index in [9.17, 15) is 4.79 Å². The van der Waals surface area contributed by atoms with Gasteiger partial charge in [-0.3, -0.25) is 4.90 Å². The van der Waals surface area contributed by atoms with Gasteiger partial charge in [-0.25, -0.2) is 9.79 Å². The van der Waals surface area contributed by atoms with Crippen LogP contribution in [-0.4, -0.2) is 79.4 Å². The standard InChI is InChI=1S/C23H37N5O3/c1-5-24-21(26-20-16-28(17-20)22(29)31-23(2,3)4)25-14-18-8-6-7-9-19(18)15-27-10-12-30-13-11-27/h6-9,20H,5,10-17H2,1-4H3,(H2,24,25,26). The quantitative estimate of drug-likeness (QED) is 0.531. The molecular formula is C23H37N5O3. The predicted octanol–water partition coefficient (Wildman–Crippen LogP) is 2.19. The van der Waals surface area contributed by atoms with E-state index in [1.807, 2.05) is 20.8 Å². The minimum atomic E-state index is -0.472. The Morgan fingerprint density at radius 1 is 1.19 bits per heavy atom. The summed E-state index contributed by atoms with van der Waals surface area (Å²) in [6.07, 6.45) is -0.260. The normalized spacial score (nSPS) is 18.5. The van der Waals surface area contributed by atoms with E-state index in [2.05, 4.69) is 46.7 Å². The summed E-state index contributed by atoms with van der Waals surface area (Å²) in [5, 5.41) is 6.75. The van der Waals surface area contributed by atoms with Crippen LogP contribution in [-0.2, 0) is 22.6 Å². The first kappa shape index (κ1) is 23.3. The van der Waals surface area contributed by atoms with Crippen molar-refractivity contribution in [1.29, 1.82) is 0 Å². The Bertz CT molecular complexity index is 750. The highest BCUT2D eigenvalue weighted by molar-refractivity contribution is 5.80. The molecule has 2 saturated heterocycles. The van der Waals surface area contributed by atoms with E-state index in [4.69, 9.17) is 14.5 Å². The van der Waals surface area contributed by atoms with Gasteiger partial charge in [0.15, 0.2) is 5.96 Å². The lowest BCUT2D eigenvalue weighted by atomic mass is 10.1. The lowest BCUT2D eigenvalue weighted by molar-refractivity contribution is 0.00700. The summed E-state index contributed by atoms with van der Waals surface area (Å²) in [5.41, 5.74) is 2.07. The average Bonchev–Trinajstić information content (AvgIpc) is 2.68. The average molecular weight is 432 g/mol. The van der Waals surface area contributed by atoms with Crippen molar-refractivity contribution in [3.8, 4) is 0 Å². The summed E-state index contributed by atoms with van der Waals surface area (Å²) in [6, 6.07) is 8.67. The molecule has 0 saturated carbocycles. The zero-order chi connectivity index (χ0) is 22.3. The maximum atomic E-state index is 12.1. The second kappa shape index (κ2) is 10.8. The number of likely N-dealkylation sites (tertiary alicyclic amines) is 1. The monoisotopic (exact) mass is 431 g/mol. The van der Waals surface area contributed by atoms with Gasteiger partial charge in [0.2, 0.25) is 0 Å². The number of morpholine rings is 1. The maximum Gasteiger partial charge on any atom is 0.410 e. The molecule has 2 fully saturated rings. The predicted molar refractivity (Wildman–Crippen MR) is 122 cm³/mol. The van der Waals surface area contributed by atoms with Crippen molar-refractivity contribution in [3.05, 3.63) is 35.4 Å². The lowest BCUT2D eigenvalue weighted by Gasteiger charge is -2.40. The van der Waals surface area contributed by atoms with Crippen LogP contribution in [0.2, 0.25) is 0 Å². The summed E-state index contributed by atoms with van der Waals surface area (Å²) in [5.74, 6) is 0.775. The SMILES string of the molecule is CCNC(=NCc1ccccc1CN1CCOCC1)NC1CN(C(=O)OC(C)(C)C)C1. The van der Waals surface area contributed by atoms with Crippen LogP contribution in [0.5, 0.6) is 0 Å². The first-order valence-corrected chi connectivity index (χ1v) is 11.2. The van der Waals surface area contributed by atoms with Gasteiger partial charge in [-0.05, 0) is 38.8 Å². The van der Waals surface area contributed by atoms with E-state index >= 15 is 0 Å². The van der Waals surface area contributed by atoms with Crippen molar-refractivity contribution in [2.75, 3.05) is 45.9 Å². The summed E-state index contributed by atoms with van der Waals surface area (Å²) in [7, 11) is 0. The minimum absolute atomic E-state index is 0.175. The third-order valence-corrected chi connectivity index (χ3v) is 5.24. The topological polar surface area (TPSA) is 78.4 Å². The molecule has 0 spiro atoms. The second-order valence-electron chi connectivity index (χ2n) is 9.08. The Labute approximate surface area is 186 Å². The summed E-state index contributed by atoms with van der Waals surface area (Å²) in [4.78, 5) is 21.1. The molecule has 0 unspecified atom stereocenters. The summed E-state index contributed by atoms with van der Waals surface area (Å²) >= 11 is 0. The van der Waals surface area contributed by atoms with E-state index < -0.39 is 5.60 Å². The van der Waals surface area contributed by atoms with Crippen molar-refractivity contribution in [2.45, 2.75) is 52.4 Å².